The molecule has 0 spiro atoms. The number of anilines is 1. The van der Waals surface area contributed by atoms with Crippen LogP contribution in [-0.2, 0) is 6.54 Å². The van der Waals surface area contributed by atoms with E-state index in [4.69, 9.17) is 9.47 Å². The number of benzene rings is 2. The van der Waals surface area contributed by atoms with Gasteiger partial charge in [-0.3, -0.25) is 0 Å². The Morgan fingerprint density at radius 1 is 1.00 bits per heavy atom. The number of rotatable bonds is 5. The predicted octanol–water partition coefficient (Wildman–Crippen LogP) is 3.64. The molecular formula is C18H22N2O3. The highest BCUT2D eigenvalue weighted by Gasteiger charge is 2.07. The quantitative estimate of drug-likeness (QED) is 0.886. The lowest BCUT2D eigenvalue weighted by Crippen LogP contribution is -2.28. The fourth-order valence-electron chi connectivity index (χ4n) is 2.21. The first-order valence-corrected chi connectivity index (χ1v) is 7.36. The smallest absolute Gasteiger partial charge is 0.319 e. The van der Waals surface area contributed by atoms with Gasteiger partial charge in [-0.2, -0.15) is 0 Å². The van der Waals surface area contributed by atoms with Crippen LogP contribution in [0.2, 0.25) is 0 Å². The van der Waals surface area contributed by atoms with Crippen LogP contribution in [0.1, 0.15) is 16.7 Å². The van der Waals surface area contributed by atoms with E-state index in [9.17, 15) is 4.79 Å². The van der Waals surface area contributed by atoms with E-state index in [1.807, 2.05) is 50.2 Å². The van der Waals surface area contributed by atoms with Crippen LogP contribution < -0.4 is 20.1 Å². The molecular weight excluding hydrogens is 292 g/mol. The number of aryl methyl sites for hydroxylation is 2. The van der Waals surface area contributed by atoms with Gasteiger partial charge in [-0.1, -0.05) is 18.2 Å². The molecule has 2 amide bonds. The molecule has 5 nitrogen and oxygen atoms in total. The Hall–Kier alpha value is -2.69. The maximum absolute atomic E-state index is 12.0. The SMILES string of the molecule is COc1ccc(CNC(=O)Nc2cc(C)ccc2C)cc1OC. The number of hydrogen-bond acceptors (Lipinski definition) is 3. The molecule has 0 aliphatic rings. The third kappa shape index (κ3) is 4.39. The number of hydrogen-bond donors (Lipinski definition) is 2. The molecule has 2 aromatic rings. The number of carbonyl (C=O) groups is 1. The van der Waals surface area contributed by atoms with Crippen molar-refractivity contribution >= 4 is 11.7 Å². The van der Waals surface area contributed by atoms with Gasteiger partial charge in [-0.15, -0.1) is 0 Å². The first kappa shape index (κ1) is 16.7. The van der Waals surface area contributed by atoms with E-state index < -0.39 is 0 Å². The number of ether oxygens (including phenoxy) is 2. The first-order valence-electron chi connectivity index (χ1n) is 7.36. The maximum Gasteiger partial charge on any atom is 0.319 e. The summed E-state index contributed by atoms with van der Waals surface area (Å²) in [6.45, 7) is 4.35. The molecule has 5 heteroatoms. The summed E-state index contributed by atoms with van der Waals surface area (Å²) in [6, 6.07) is 11.3. The van der Waals surface area contributed by atoms with Crippen LogP contribution in [-0.4, -0.2) is 20.3 Å². The van der Waals surface area contributed by atoms with Crippen molar-refractivity contribution in [3.63, 3.8) is 0 Å². The van der Waals surface area contributed by atoms with Crippen LogP contribution in [0.25, 0.3) is 0 Å². The van der Waals surface area contributed by atoms with Crippen LogP contribution in [0.3, 0.4) is 0 Å². The average molecular weight is 314 g/mol. The topological polar surface area (TPSA) is 59.6 Å². The molecule has 0 aromatic heterocycles. The van der Waals surface area contributed by atoms with Crippen molar-refractivity contribution in [3.05, 3.63) is 53.1 Å². The number of carbonyl (C=O) groups excluding carboxylic acids is 1. The second-order valence-electron chi connectivity index (χ2n) is 5.32. The summed E-state index contributed by atoms with van der Waals surface area (Å²) in [5, 5.41) is 5.70. The zero-order chi connectivity index (χ0) is 16.8. The fraction of sp³-hybridized carbons (Fsp3) is 0.278. The average Bonchev–Trinajstić information content (AvgIpc) is 2.56. The largest absolute Gasteiger partial charge is 0.493 e. The number of methoxy groups -OCH3 is 2. The standard InChI is InChI=1S/C18H22N2O3/c1-12-5-6-13(2)15(9-12)20-18(21)19-11-14-7-8-16(22-3)17(10-14)23-4/h5-10H,11H2,1-4H3,(H2,19,20,21). The lowest BCUT2D eigenvalue weighted by atomic mass is 10.1. The minimum absolute atomic E-state index is 0.242. The Morgan fingerprint density at radius 3 is 2.43 bits per heavy atom. The van der Waals surface area contributed by atoms with Gasteiger partial charge in [0.1, 0.15) is 0 Å². The number of amides is 2. The Bertz CT molecular complexity index is 699. The van der Waals surface area contributed by atoms with E-state index >= 15 is 0 Å². The molecule has 0 saturated carbocycles. The molecule has 0 aliphatic carbocycles. The van der Waals surface area contributed by atoms with Crippen LogP contribution in [0, 0.1) is 13.8 Å². The first-order chi connectivity index (χ1) is 11.0. The van der Waals surface area contributed by atoms with Crippen LogP contribution in [0.4, 0.5) is 10.5 Å². The lowest BCUT2D eigenvalue weighted by molar-refractivity contribution is 0.251. The van der Waals surface area contributed by atoms with Gasteiger partial charge >= 0.3 is 6.03 Å². The highest BCUT2D eigenvalue weighted by Crippen LogP contribution is 2.27. The minimum atomic E-state index is -0.242. The summed E-state index contributed by atoms with van der Waals surface area (Å²) >= 11 is 0. The summed E-state index contributed by atoms with van der Waals surface area (Å²) in [5.74, 6) is 1.30. The Labute approximate surface area is 136 Å². The number of urea groups is 1. The molecule has 23 heavy (non-hydrogen) atoms. The Kier molecular flexibility index (Phi) is 5.46. The molecule has 0 atom stereocenters. The van der Waals surface area contributed by atoms with Crippen LogP contribution in [0.5, 0.6) is 11.5 Å². The van der Waals surface area contributed by atoms with Gasteiger partial charge in [0.2, 0.25) is 0 Å². The Balaban J connectivity index is 1.98. The van der Waals surface area contributed by atoms with E-state index in [2.05, 4.69) is 10.6 Å². The molecule has 0 heterocycles. The molecule has 0 bridgehead atoms. The maximum atomic E-state index is 12.0. The van der Waals surface area contributed by atoms with E-state index in [0.717, 1.165) is 22.4 Å². The summed E-state index contributed by atoms with van der Waals surface area (Å²) in [7, 11) is 3.18. The molecule has 0 saturated heterocycles. The third-order valence-electron chi connectivity index (χ3n) is 3.54. The monoisotopic (exact) mass is 314 g/mol. The van der Waals surface area contributed by atoms with Crippen molar-refractivity contribution in [3.8, 4) is 11.5 Å². The molecule has 0 fully saturated rings. The van der Waals surface area contributed by atoms with E-state index in [1.165, 1.54) is 0 Å². The zero-order valence-electron chi connectivity index (χ0n) is 13.9. The fourth-order valence-corrected chi connectivity index (χ4v) is 2.21. The van der Waals surface area contributed by atoms with Crippen molar-refractivity contribution in [1.29, 1.82) is 0 Å². The van der Waals surface area contributed by atoms with Crippen LogP contribution in [0.15, 0.2) is 36.4 Å². The van der Waals surface area contributed by atoms with E-state index in [-0.39, 0.29) is 6.03 Å². The predicted molar refractivity (Wildman–Crippen MR) is 91.3 cm³/mol. The zero-order valence-corrected chi connectivity index (χ0v) is 13.9. The van der Waals surface area contributed by atoms with Crippen molar-refractivity contribution < 1.29 is 14.3 Å². The van der Waals surface area contributed by atoms with E-state index in [0.29, 0.717) is 18.0 Å². The molecule has 2 aromatic carbocycles. The van der Waals surface area contributed by atoms with Crippen LogP contribution >= 0.6 is 0 Å². The van der Waals surface area contributed by atoms with Crippen molar-refractivity contribution in [2.75, 3.05) is 19.5 Å². The third-order valence-corrected chi connectivity index (χ3v) is 3.54. The summed E-state index contributed by atoms with van der Waals surface area (Å²) in [5.41, 5.74) is 3.87. The molecule has 2 N–H and O–H groups in total. The van der Waals surface area contributed by atoms with Gasteiger partial charge in [0.15, 0.2) is 11.5 Å². The van der Waals surface area contributed by atoms with Crippen molar-refractivity contribution in [1.82, 2.24) is 5.32 Å². The lowest BCUT2D eigenvalue weighted by Gasteiger charge is -2.12. The van der Waals surface area contributed by atoms with Crippen molar-refractivity contribution in [2.24, 2.45) is 0 Å². The normalized spacial score (nSPS) is 10.1. The Morgan fingerprint density at radius 2 is 1.74 bits per heavy atom. The highest BCUT2D eigenvalue weighted by atomic mass is 16.5. The van der Waals surface area contributed by atoms with Gasteiger partial charge in [0, 0.05) is 12.2 Å². The van der Waals surface area contributed by atoms with Gasteiger partial charge in [0.05, 0.1) is 14.2 Å². The summed E-state index contributed by atoms with van der Waals surface area (Å²) in [6.07, 6.45) is 0. The summed E-state index contributed by atoms with van der Waals surface area (Å²) < 4.78 is 10.5. The second kappa shape index (κ2) is 7.54. The molecule has 0 unspecified atom stereocenters. The minimum Gasteiger partial charge on any atom is -0.493 e. The van der Waals surface area contributed by atoms with Crippen molar-refractivity contribution in [2.45, 2.75) is 20.4 Å². The van der Waals surface area contributed by atoms with Gasteiger partial charge in [-0.05, 0) is 48.7 Å². The highest BCUT2D eigenvalue weighted by molar-refractivity contribution is 5.90. The number of nitrogens with one attached hydrogen (secondary N) is 2. The second-order valence-corrected chi connectivity index (χ2v) is 5.32. The molecule has 0 aliphatic heterocycles. The molecule has 0 radical (unpaired) electrons. The van der Waals surface area contributed by atoms with E-state index in [1.54, 1.807) is 14.2 Å². The van der Waals surface area contributed by atoms with Gasteiger partial charge in [0.25, 0.3) is 0 Å². The summed E-state index contributed by atoms with van der Waals surface area (Å²) in [4.78, 5) is 12.0. The van der Waals surface area contributed by atoms with Gasteiger partial charge in [-0.25, -0.2) is 4.79 Å². The van der Waals surface area contributed by atoms with Gasteiger partial charge < -0.3 is 20.1 Å². The molecule has 122 valence electrons. The molecule has 2 rings (SSSR count).